The smallest absolute Gasteiger partial charge is 0.261 e. The zero-order valence-electron chi connectivity index (χ0n) is 66.8. The molecular weight excluding hydrogens is 1700 g/mol. The fourth-order valence-corrected chi connectivity index (χ4v) is 15.8. The summed E-state index contributed by atoms with van der Waals surface area (Å²) in [4.78, 5) is 93.5. The van der Waals surface area contributed by atoms with Crippen molar-refractivity contribution < 1.29 is 62.3 Å². The van der Waals surface area contributed by atoms with Crippen LogP contribution in [0.15, 0.2) is 250 Å². The molecule has 12 rings (SSSR count). The molecule has 27 nitrogen and oxygen atoms in total. The monoisotopic (exact) mass is 1780 g/mol. The summed E-state index contributed by atoms with van der Waals surface area (Å²) in [6.07, 6.45) is 12.1. The third-order valence-electron chi connectivity index (χ3n) is 17.3. The first-order valence-corrected chi connectivity index (χ1v) is 43.7. The first kappa shape index (κ1) is 92.2. The lowest BCUT2D eigenvalue weighted by Crippen LogP contribution is -2.18. The predicted molar refractivity (Wildman–Crippen MR) is 463 cm³/mol. The van der Waals surface area contributed by atoms with E-state index in [1.807, 2.05) is 76.2 Å². The number of hydrogen-bond acceptors (Lipinski definition) is 22. The zero-order chi connectivity index (χ0) is 88.0. The van der Waals surface area contributed by atoms with Gasteiger partial charge < -0.3 is 14.5 Å². The number of ketones is 4. The number of halogens is 4. The zero-order valence-corrected chi connectivity index (χ0v) is 73.1. The van der Waals surface area contributed by atoms with Gasteiger partial charge in [-0.25, -0.2) is 58.6 Å². The lowest BCUT2D eigenvalue weighted by atomic mass is 9.87. The molecule has 0 atom stereocenters. The van der Waals surface area contributed by atoms with Crippen LogP contribution in [0.1, 0.15) is 163 Å². The number of nitrogens with zero attached hydrogens (tertiary/aromatic N) is 7. The Hall–Kier alpha value is -11.7. The molecule has 12 aromatic rings. The third-order valence-corrected chi connectivity index (χ3v) is 23.6. The van der Waals surface area contributed by atoms with E-state index in [2.05, 4.69) is 58.8 Å². The second-order valence-electron chi connectivity index (χ2n) is 29.8. The summed E-state index contributed by atoms with van der Waals surface area (Å²) in [5, 5.41) is 0.736. The van der Waals surface area contributed by atoms with Crippen LogP contribution in [0.3, 0.4) is 0 Å². The molecule has 0 radical (unpaired) electrons. The molecule has 5 N–H and O–H groups in total. The van der Waals surface area contributed by atoms with Gasteiger partial charge >= 0.3 is 0 Å². The Morgan fingerprint density at radius 1 is 0.400 bits per heavy atom. The number of H-pyrrole nitrogens is 1. The lowest BCUT2D eigenvalue weighted by Gasteiger charge is -2.19. The van der Waals surface area contributed by atoms with Gasteiger partial charge in [-0.05, 0) is 175 Å². The molecule has 0 aliphatic rings. The fourth-order valence-electron chi connectivity index (χ4n) is 10.9. The van der Waals surface area contributed by atoms with Crippen molar-refractivity contribution >= 4 is 132 Å². The molecule has 0 amide bonds. The summed E-state index contributed by atoms with van der Waals surface area (Å²) in [6.45, 7) is 23.8. The summed E-state index contributed by atoms with van der Waals surface area (Å²) in [7, 11) is -14.5. The van der Waals surface area contributed by atoms with E-state index in [1.165, 1.54) is 154 Å². The molecular formula is C85H82Cl4N12O15S4. The van der Waals surface area contributed by atoms with E-state index in [4.69, 9.17) is 55.9 Å². The topological polar surface area (TPSA) is 395 Å². The highest BCUT2D eigenvalue weighted by atomic mass is 35.5. The highest BCUT2D eigenvalue weighted by molar-refractivity contribution is 7.93. The number of aromatic amines is 1. The quantitative estimate of drug-likeness (QED) is 0.0371. The molecule has 0 saturated heterocycles. The van der Waals surface area contributed by atoms with Crippen molar-refractivity contribution in [3.05, 3.63) is 323 Å². The van der Waals surface area contributed by atoms with E-state index < -0.39 is 63.2 Å². The van der Waals surface area contributed by atoms with Crippen LogP contribution in [0.2, 0.25) is 20.1 Å². The number of aryl methyl sites for hydroxylation is 1. The van der Waals surface area contributed by atoms with Crippen molar-refractivity contribution in [3.63, 3.8) is 0 Å². The summed E-state index contributed by atoms with van der Waals surface area (Å²) < 4.78 is 123. The van der Waals surface area contributed by atoms with Gasteiger partial charge in [-0.2, -0.15) is 0 Å². The number of sulfonamides is 4. The molecule has 0 spiro atoms. The number of carbonyl (C=O) groups is 4. The molecule has 0 unspecified atom stereocenters. The van der Waals surface area contributed by atoms with E-state index in [0.29, 0.717) is 22.9 Å². The van der Waals surface area contributed by atoms with Gasteiger partial charge in [0.15, 0.2) is 0 Å². The highest BCUT2D eigenvalue weighted by Gasteiger charge is 2.29. The van der Waals surface area contributed by atoms with Crippen molar-refractivity contribution in [1.82, 2.24) is 39.9 Å². The van der Waals surface area contributed by atoms with Crippen LogP contribution in [0.25, 0.3) is 0 Å². The standard InChI is InChI=1S/C22H22ClN3O4S.2C21H20ClN3O4S.C21H20ClN3O3S/c1-22(2,3)15-6-8-17(9-7-15)31(28,29)26-18-11-16(23)13-25-20(18)21(27)14-5-10-19(30-4)24-12-14;1-21(2,3)14-5-7-16(8-6-14)30(28,29)25-17-10-15(22)12-24-19(17)20(27)13-4-9-18(26)23-11-13;1-13(2)29-16-6-8-17(9-7-16)30(27,28)25-19-11-15(22)12-24-20(19)21(26)18-5-4-10-23-14(18)3;1-21(2,3)15-6-8-17(9-7-15)29(27,28)25-18-11-16(22)13-24-19(18)20(26)14-5-4-10-23-12-14/h5-13,26H,1-4H3;4-12,25H,1-3H3,(H,23,26);4-13,25H,1-3H3;4-13,25H,1-3H3. The molecule has 0 aliphatic carbocycles. The number of nitrogens with one attached hydrogen (secondary N) is 5. The number of aromatic nitrogens is 8. The van der Waals surface area contributed by atoms with E-state index in [9.17, 15) is 57.6 Å². The van der Waals surface area contributed by atoms with Crippen LogP contribution in [0.4, 0.5) is 22.7 Å². The number of benzene rings is 4. The normalized spacial score (nSPS) is 11.7. The molecule has 0 fully saturated rings. The SMILES string of the molecule is CC(C)(C)c1ccc(S(=O)(=O)Nc2cc(Cl)cnc2C(=O)c2ccc(=O)[nH]c2)cc1.CC(C)(C)c1ccc(S(=O)(=O)Nc2cc(Cl)cnc2C(=O)c2cccnc2)cc1.COc1ccc(C(=O)c2ncc(Cl)cc2NS(=O)(=O)c2ccc(C(C)(C)C)cc2)cn1.Cc1ncccc1C(=O)c1ncc(Cl)cc1NS(=O)(=O)c1ccc(OC(C)C)cc1. The number of hydrogen-bond donors (Lipinski definition) is 5. The molecule has 120 heavy (non-hydrogen) atoms. The van der Waals surface area contributed by atoms with Gasteiger partial charge in [0, 0.05) is 95.9 Å². The van der Waals surface area contributed by atoms with Crippen LogP contribution >= 0.6 is 46.4 Å². The van der Waals surface area contributed by atoms with Crippen LogP contribution in [-0.4, -0.2) is 110 Å². The summed E-state index contributed by atoms with van der Waals surface area (Å²) in [5.41, 5.74) is 3.35. The van der Waals surface area contributed by atoms with Gasteiger partial charge in [-0.15, -0.1) is 0 Å². The van der Waals surface area contributed by atoms with Crippen LogP contribution in [-0.2, 0) is 56.3 Å². The minimum absolute atomic E-state index is 0.00579. The number of anilines is 4. The van der Waals surface area contributed by atoms with E-state index >= 15 is 0 Å². The van der Waals surface area contributed by atoms with Gasteiger partial charge in [0.1, 0.15) is 28.5 Å². The Balaban J connectivity index is 0.000000182. The summed E-state index contributed by atoms with van der Waals surface area (Å²) in [5.74, 6) is -1.10. The maximum atomic E-state index is 13.0. The highest BCUT2D eigenvalue weighted by Crippen LogP contribution is 2.33. The van der Waals surface area contributed by atoms with Gasteiger partial charge in [-0.1, -0.05) is 145 Å². The van der Waals surface area contributed by atoms with E-state index in [0.717, 1.165) is 16.7 Å². The van der Waals surface area contributed by atoms with Crippen molar-refractivity contribution in [3.8, 4) is 11.6 Å². The molecule has 8 heterocycles. The number of methoxy groups -OCH3 is 1. The Morgan fingerprint density at radius 2 is 0.742 bits per heavy atom. The van der Waals surface area contributed by atoms with Crippen LogP contribution in [0.5, 0.6) is 11.6 Å². The Kier molecular flexibility index (Phi) is 29.6. The van der Waals surface area contributed by atoms with E-state index in [-0.39, 0.29) is 130 Å². The average Bonchev–Trinajstić information content (AvgIpc) is 0.804. The van der Waals surface area contributed by atoms with Crippen LogP contribution in [0, 0.1) is 6.92 Å². The summed E-state index contributed by atoms with van der Waals surface area (Å²) in [6, 6.07) is 43.0. The molecule has 35 heteroatoms. The maximum absolute atomic E-state index is 13.0. The molecule has 0 aliphatic heterocycles. The molecule has 0 saturated carbocycles. The number of pyridine rings is 8. The van der Waals surface area contributed by atoms with Crippen molar-refractivity contribution in [2.45, 2.75) is 125 Å². The molecule has 0 bridgehead atoms. The number of rotatable bonds is 23. The number of carbonyl (C=O) groups excluding carboxylic acids is 4. The Labute approximate surface area is 715 Å². The first-order chi connectivity index (χ1) is 56.2. The van der Waals surface area contributed by atoms with E-state index in [1.54, 1.807) is 85.9 Å². The molecule has 624 valence electrons. The van der Waals surface area contributed by atoms with Crippen molar-refractivity contribution in [2.24, 2.45) is 0 Å². The Bertz CT molecular complexity index is 6300. The van der Waals surface area contributed by atoms with Crippen molar-refractivity contribution in [1.29, 1.82) is 0 Å². The third kappa shape index (κ3) is 24.5. The lowest BCUT2D eigenvalue weighted by molar-refractivity contribution is 0.102. The first-order valence-electron chi connectivity index (χ1n) is 36.2. The molecule has 4 aromatic carbocycles. The second kappa shape index (κ2) is 38.6. The van der Waals surface area contributed by atoms with Crippen LogP contribution < -0.4 is 33.9 Å². The molecule has 8 aromatic heterocycles. The predicted octanol–water partition coefficient (Wildman–Crippen LogP) is 16.9. The minimum Gasteiger partial charge on any atom is -0.491 e. The van der Waals surface area contributed by atoms with Crippen molar-refractivity contribution in [2.75, 3.05) is 26.0 Å². The largest absolute Gasteiger partial charge is 0.491 e. The van der Waals surface area contributed by atoms with Gasteiger partial charge in [0.05, 0.1) is 75.6 Å². The van der Waals surface area contributed by atoms with Gasteiger partial charge in [0.25, 0.3) is 40.1 Å². The maximum Gasteiger partial charge on any atom is 0.261 e. The van der Waals surface area contributed by atoms with Gasteiger partial charge in [-0.3, -0.25) is 52.8 Å². The second-order valence-corrected chi connectivity index (χ2v) is 38.3. The minimum atomic E-state index is -4.00. The van der Waals surface area contributed by atoms with Gasteiger partial charge in [0.2, 0.25) is 34.6 Å². The fraction of sp³-hybridized carbons (Fsp3) is 0.200. The summed E-state index contributed by atoms with van der Waals surface area (Å²) >= 11 is 24.0. The Morgan fingerprint density at radius 3 is 1.05 bits per heavy atom. The number of ether oxygens (including phenoxy) is 2. The average molecular weight is 1780 g/mol.